The maximum Gasteiger partial charge on any atom is 0.184 e. The lowest BCUT2D eigenvalue weighted by molar-refractivity contribution is 0.622. The Bertz CT molecular complexity index is 941. The van der Waals surface area contributed by atoms with Crippen molar-refractivity contribution in [2.45, 2.75) is 13.3 Å². The molecule has 106 valence electrons. The normalized spacial score (nSPS) is 11.0. The number of nitrogens with one attached hydrogen (secondary N) is 1. The number of aromatic nitrogens is 4. The minimum absolute atomic E-state index is 0.0336. The first kappa shape index (κ1) is 13.5. The second-order valence-electron chi connectivity index (χ2n) is 4.63. The number of imidazole rings is 1. The van der Waals surface area contributed by atoms with Crippen molar-refractivity contribution < 1.29 is 4.39 Å². The molecule has 0 aliphatic carbocycles. The van der Waals surface area contributed by atoms with Gasteiger partial charge in [-0.15, -0.1) is 0 Å². The minimum atomic E-state index is -0.566. The molecule has 21 heavy (non-hydrogen) atoms. The molecule has 0 aliphatic rings. The molecular weight excluding hydrogens is 289 g/mol. The van der Waals surface area contributed by atoms with Crippen molar-refractivity contribution in [3.63, 3.8) is 0 Å². The van der Waals surface area contributed by atoms with Gasteiger partial charge in [0.15, 0.2) is 10.4 Å². The van der Waals surface area contributed by atoms with Gasteiger partial charge in [-0.05, 0) is 30.8 Å². The highest BCUT2D eigenvalue weighted by atomic mass is 32.1. The van der Waals surface area contributed by atoms with E-state index in [-0.39, 0.29) is 5.56 Å². The van der Waals surface area contributed by atoms with Crippen molar-refractivity contribution in [1.29, 1.82) is 5.26 Å². The summed E-state index contributed by atoms with van der Waals surface area (Å²) in [5, 5.41) is 13.6. The molecule has 0 saturated carbocycles. The quantitative estimate of drug-likeness (QED) is 0.740. The minimum Gasteiger partial charge on any atom is -0.327 e. The van der Waals surface area contributed by atoms with Crippen LogP contribution >= 0.6 is 12.2 Å². The predicted octanol–water partition coefficient (Wildman–Crippen LogP) is 2.99. The van der Waals surface area contributed by atoms with Gasteiger partial charge in [-0.2, -0.15) is 10.4 Å². The van der Waals surface area contributed by atoms with Gasteiger partial charge in [0.25, 0.3) is 0 Å². The number of halogens is 1. The van der Waals surface area contributed by atoms with Gasteiger partial charge in [0.05, 0.1) is 11.4 Å². The highest BCUT2D eigenvalue weighted by Crippen LogP contribution is 2.25. The van der Waals surface area contributed by atoms with Crippen LogP contribution in [0, 0.1) is 21.9 Å². The topological polar surface area (TPSA) is 62.3 Å². The Balaban J connectivity index is 2.45. The van der Waals surface area contributed by atoms with E-state index in [4.69, 9.17) is 12.2 Å². The molecule has 0 atom stereocenters. The summed E-state index contributed by atoms with van der Waals surface area (Å²) in [6, 6.07) is 6.39. The molecule has 5 nitrogen and oxygen atoms in total. The molecule has 0 spiro atoms. The molecule has 0 amide bonds. The van der Waals surface area contributed by atoms with Crippen LogP contribution in [-0.2, 0) is 13.5 Å². The Labute approximate surface area is 125 Å². The monoisotopic (exact) mass is 301 g/mol. The van der Waals surface area contributed by atoms with Gasteiger partial charge in [-0.3, -0.25) is 4.57 Å². The first-order valence-corrected chi connectivity index (χ1v) is 6.84. The van der Waals surface area contributed by atoms with Crippen LogP contribution in [0.5, 0.6) is 0 Å². The number of hydrogen-bond donors (Lipinski definition) is 1. The van der Waals surface area contributed by atoms with Crippen LogP contribution < -0.4 is 0 Å². The molecule has 7 heteroatoms. The average molecular weight is 301 g/mol. The number of hydrogen-bond acceptors (Lipinski definition) is 3. The molecule has 0 fully saturated rings. The summed E-state index contributed by atoms with van der Waals surface area (Å²) < 4.78 is 17.6. The third-order valence-corrected chi connectivity index (χ3v) is 3.70. The Hall–Kier alpha value is -2.46. The van der Waals surface area contributed by atoms with Crippen molar-refractivity contribution >= 4 is 23.4 Å². The molecule has 0 unspecified atom stereocenters. The van der Waals surface area contributed by atoms with Crippen LogP contribution in [0.3, 0.4) is 0 Å². The Morgan fingerprint density at radius 3 is 2.90 bits per heavy atom. The van der Waals surface area contributed by atoms with E-state index in [1.54, 1.807) is 28.4 Å². The summed E-state index contributed by atoms with van der Waals surface area (Å²) in [5.41, 5.74) is 2.80. The second-order valence-corrected chi connectivity index (χ2v) is 5.02. The lowest BCUT2D eigenvalue weighted by Crippen LogP contribution is -2.04. The molecule has 1 N–H and O–H groups in total. The molecular formula is C14H12FN5S. The fourth-order valence-corrected chi connectivity index (χ4v) is 2.78. The Kier molecular flexibility index (Phi) is 3.11. The lowest BCUT2D eigenvalue weighted by atomic mass is 10.2. The van der Waals surface area contributed by atoms with E-state index in [1.165, 1.54) is 6.07 Å². The fraction of sp³-hybridized carbons (Fsp3) is 0.214. The van der Waals surface area contributed by atoms with Gasteiger partial charge >= 0.3 is 0 Å². The van der Waals surface area contributed by atoms with Crippen molar-refractivity contribution in [2.75, 3.05) is 0 Å². The summed E-state index contributed by atoms with van der Waals surface area (Å²) >= 11 is 5.34. The standard InChI is InChI=1S/C14H12FN5S/c1-3-10-12-13(19(2)18-10)20(14(21)17-12)11-6-4-5-9(15)8(11)7-16/h4-6H,3H2,1-2H3,(H,17,21). The summed E-state index contributed by atoms with van der Waals surface area (Å²) in [6.07, 6.45) is 0.751. The first-order valence-electron chi connectivity index (χ1n) is 6.44. The summed E-state index contributed by atoms with van der Waals surface area (Å²) in [6.45, 7) is 2.00. The van der Waals surface area contributed by atoms with Crippen LogP contribution in [-0.4, -0.2) is 19.3 Å². The number of nitrogens with zero attached hydrogens (tertiary/aromatic N) is 4. The number of H-pyrrole nitrogens is 1. The molecule has 0 saturated heterocycles. The van der Waals surface area contributed by atoms with Gasteiger partial charge < -0.3 is 4.98 Å². The smallest absolute Gasteiger partial charge is 0.184 e. The van der Waals surface area contributed by atoms with E-state index in [9.17, 15) is 9.65 Å². The number of benzene rings is 1. The fourth-order valence-electron chi connectivity index (χ4n) is 2.49. The summed E-state index contributed by atoms with van der Waals surface area (Å²) in [7, 11) is 1.80. The number of nitriles is 1. The number of rotatable bonds is 2. The van der Waals surface area contributed by atoms with E-state index in [1.807, 2.05) is 13.0 Å². The molecule has 2 aromatic heterocycles. The third kappa shape index (κ3) is 1.87. The van der Waals surface area contributed by atoms with E-state index in [0.717, 1.165) is 23.3 Å². The van der Waals surface area contributed by atoms with Gasteiger partial charge in [-0.25, -0.2) is 9.07 Å². The molecule has 1 aromatic carbocycles. The van der Waals surface area contributed by atoms with Gasteiger partial charge in [0.2, 0.25) is 0 Å². The Morgan fingerprint density at radius 1 is 1.48 bits per heavy atom. The predicted molar refractivity (Wildman–Crippen MR) is 79.3 cm³/mol. The van der Waals surface area contributed by atoms with Crippen LogP contribution in [0.4, 0.5) is 4.39 Å². The zero-order valence-corrected chi connectivity index (χ0v) is 12.3. The Morgan fingerprint density at radius 2 is 2.24 bits per heavy atom. The van der Waals surface area contributed by atoms with Gasteiger partial charge in [0, 0.05) is 7.05 Å². The van der Waals surface area contributed by atoms with Crippen molar-refractivity contribution in [3.05, 3.63) is 40.0 Å². The highest BCUT2D eigenvalue weighted by molar-refractivity contribution is 7.71. The zero-order valence-electron chi connectivity index (χ0n) is 11.5. The van der Waals surface area contributed by atoms with Crippen LogP contribution in [0.2, 0.25) is 0 Å². The van der Waals surface area contributed by atoms with Crippen molar-refractivity contribution in [1.82, 2.24) is 19.3 Å². The SMILES string of the molecule is CCc1nn(C)c2c1[nH]c(=S)n2-c1cccc(F)c1C#N. The number of aromatic amines is 1. The first-order chi connectivity index (χ1) is 10.1. The molecule has 3 rings (SSSR count). The van der Waals surface area contributed by atoms with Crippen LogP contribution in [0.1, 0.15) is 18.2 Å². The maximum atomic E-state index is 13.8. The number of fused-ring (bicyclic) bond motifs is 1. The largest absolute Gasteiger partial charge is 0.327 e. The zero-order chi connectivity index (χ0) is 15.1. The van der Waals surface area contributed by atoms with E-state index < -0.39 is 5.82 Å². The van der Waals surface area contributed by atoms with Gasteiger partial charge in [0.1, 0.15) is 23.0 Å². The molecule has 0 aliphatic heterocycles. The van der Waals surface area contributed by atoms with Crippen molar-refractivity contribution in [2.24, 2.45) is 7.05 Å². The van der Waals surface area contributed by atoms with E-state index in [0.29, 0.717) is 10.5 Å². The lowest BCUT2D eigenvalue weighted by Gasteiger charge is -2.07. The molecule has 2 heterocycles. The van der Waals surface area contributed by atoms with Crippen LogP contribution in [0.15, 0.2) is 18.2 Å². The van der Waals surface area contributed by atoms with Gasteiger partial charge in [-0.1, -0.05) is 13.0 Å². The summed E-state index contributed by atoms with van der Waals surface area (Å²) in [5.74, 6) is -0.566. The molecule has 0 radical (unpaired) electrons. The maximum absolute atomic E-state index is 13.8. The third-order valence-electron chi connectivity index (χ3n) is 3.42. The second kappa shape index (κ2) is 4.82. The highest BCUT2D eigenvalue weighted by Gasteiger charge is 2.18. The van der Waals surface area contributed by atoms with E-state index >= 15 is 0 Å². The van der Waals surface area contributed by atoms with Crippen LogP contribution in [0.25, 0.3) is 16.9 Å². The summed E-state index contributed by atoms with van der Waals surface area (Å²) in [4.78, 5) is 3.10. The van der Waals surface area contributed by atoms with E-state index in [2.05, 4.69) is 10.1 Å². The van der Waals surface area contributed by atoms with Crippen molar-refractivity contribution in [3.8, 4) is 11.8 Å². The molecule has 3 aromatic rings. The number of aryl methyl sites for hydroxylation is 2. The average Bonchev–Trinajstić information content (AvgIpc) is 2.95. The molecule has 0 bridgehead atoms.